The molecule has 2 atom stereocenters. The summed E-state index contributed by atoms with van der Waals surface area (Å²) >= 11 is 0. The molecule has 2 unspecified atom stereocenters. The lowest BCUT2D eigenvalue weighted by Gasteiger charge is -2.20. The Morgan fingerprint density at radius 2 is 2.22 bits per heavy atom. The number of benzene rings is 1. The molecule has 0 saturated heterocycles. The van der Waals surface area contributed by atoms with Gasteiger partial charge < -0.3 is 9.84 Å². The van der Waals surface area contributed by atoms with Gasteiger partial charge in [0.25, 0.3) is 0 Å². The maximum atomic E-state index is 11.3. The molecule has 2 N–H and O–H groups in total. The van der Waals surface area contributed by atoms with Crippen molar-refractivity contribution in [3.8, 4) is 0 Å². The van der Waals surface area contributed by atoms with E-state index in [0.29, 0.717) is 6.61 Å². The summed E-state index contributed by atoms with van der Waals surface area (Å²) < 4.78 is 5.06. The van der Waals surface area contributed by atoms with E-state index in [4.69, 9.17) is 4.74 Å². The molecule has 4 heteroatoms. The second-order valence-electron chi connectivity index (χ2n) is 4.43. The Morgan fingerprint density at radius 1 is 1.50 bits per heavy atom. The van der Waals surface area contributed by atoms with Crippen LogP contribution in [0.15, 0.2) is 24.3 Å². The Morgan fingerprint density at radius 3 is 2.78 bits per heavy atom. The van der Waals surface area contributed by atoms with Crippen molar-refractivity contribution in [3.05, 3.63) is 35.4 Å². The van der Waals surface area contributed by atoms with E-state index in [1.165, 1.54) is 0 Å². The number of carbonyl (C=O) groups is 1. The standard InChI is InChI=1S/C14H21NO3/c1-4-10(2)15-13(14(16)17)12-7-5-6-11(8-12)9-18-3/h5-8,10,13,15H,4,9H2,1-3H3,(H,16,17). The molecule has 0 fully saturated rings. The third-order valence-corrected chi connectivity index (χ3v) is 2.91. The lowest BCUT2D eigenvalue weighted by atomic mass is 10.0. The van der Waals surface area contributed by atoms with E-state index in [1.54, 1.807) is 7.11 Å². The predicted molar refractivity (Wildman–Crippen MR) is 70.4 cm³/mol. The quantitative estimate of drug-likeness (QED) is 0.781. The van der Waals surface area contributed by atoms with Gasteiger partial charge in [0.05, 0.1) is 6.61 Å². The molecule has 0 spiro atoms. The van der Waals surface area contributed by atoms with Crippen LogP contribution < -0.4 is 5.32 Å². The minimum absolute atomic E-state index is 0.164. The molecule has 0 radical (unpaired) electrons. The van der Waals surface area contributed by atoms with Gasteiger partial charge in [0, 0.05) is 13.2 Å². The van der Waals surface area contributed by atoms with Crippen LogP contribution in [0.5, 0.6) is 0 Å². The van der Waals surface area contributed by atoms with Crippen molar-refractivity contribution in [1.29, 1.82) is 0 Å². The van der Waals surface area contributed by atoms with E-state index < -0.39 is 12.0 Å². The zero-order valence-corrected chi connectivity index (χ0v) is 11.1. The molecule has 1 aromatic rings. The Labute approximate surface area is 108 Å². The van der Waals surface area contributed by atoms with E-state index in [9.17, 15) is 9.90 Å². The van der Waals surface area contributed by atoms with Gasteiger partial charge in [-0.05, 0) is 24.5 Å². The summed E-state index contributed by atoms with van der Waals surface area (Å²) in [5.74, 6) is -0.857. The molecule has 0 heterocycles. The first-order chi connectivity index (χ1) is 8.58. The van der Waals surface area contributed by atoms with E-state index in [0.717, 1.165) is 17.5 Å². The Hall–Kier alpha value is -1.39. The summed E-state index contributed by atoms with van der Waals surface area (Å²) in [5, 5.41) is 12.4. The molecule has 0 aromatic heterocycles. The van der Waals surface area contributed by atoms with Gasteiger partial charge in [0.15, 0.2) is 0 Å². The van der Waals surface area contributed by atoms with E-state index in [-0.39, 0.29) is 6.04 Å². The summed E-state index contributed by atoms with van der Waals surface area (Å²) in [4.78, 5) is 11.3. The highest BCUT2D eigenvalue weighted by molar-refractivity contribution is 5.75. The van der Waals surface area contributed by atoms with Crippen LogP contribution in [0.3, 0.4) is 0 Å². The van der Waals surface area contributed by atoms with Gasteiger partial charge in [-0.3, -0.25) is 10.1 Å². The monoisotopic (exact) mass is 251 g/mol. The number of hydrogen-bond donors (Lipinski definition) is 2. The molecule has 4 nitrogen and oxygen atoms in total. The molecule has 0 amide bonds. The fraction of sp³-hybridized carbons (Fsp3) is 0.500. The van der Waals surface area contributed by atoms with Crippen molar-refractivity contribution in [3.63, 3.8) is 0 Å². The summed E-state index contributed by atoms with van der Waals surface area (Å²) in [6, 6.07) is 6.98. The van der Waals surface area contributed by atoms with Gasteiger partial charge >= 0.3 is 5.97 Å². The number of carboxylic acid groups (broad SMARTS) is 1. The van der Waals surface area contributed by atoms with Crippen LogP contribution in [0.2, 0.25) is 0 Å². The zero-order chi connectivity index (χ0) is 13.5. The highest BCUT2D eigenvalue weighted by Crippen LogP contribution is 2.17. The fourth-order valence-electron chi connectivity index (χ4n) is 1.74. The minimum atomic E-state index is -0.857. The first kappa shape index (κ1) is 14.7. The van der Waals surface area contributed by atoms with Gasteiger partial charge in [-0.15, -0.1) is 0 Å². The van der Waals surface area contributed by atoms with Crippen LogP contribution in [0.1, 0.15) is 37.4 Å². The van der Waals surface area contributed by atoms with Crippen LogP contribution in [-0.4, -0.2) is 24.2 Å². The summed E-state index contributed by atoms with van der Waals surface area (Å²) in [5.41, 5.74) is 1.74. The number of nitrogens with one attached hydrogen (secondary N) is 1. The predicted octanol–water partition coefficient (Wildman–Crippen LogP) is 2.35. The third-order valence-electron chi connectivity index (χ3n) is 2.91. The Kier molecular flexibility index (Phi) is 5.82. The maximum absolute atomic E-state index is 11.3. The Balaban J connectivity index is 2.91. The van der Waals surface area contributed by atoms with E-state index >= 15 is 0 Å². The first-order valence-electron chi connectivity index (χ1n) is 6.15. The largest absolute Gasteiger partial charge is 0.480 e. The molecule has 1 rings (SSSR count). The number of rotatable bonds is 7. The topological polar surface area (TPSA) is 58.6 Å². The number of carboxylic acids is 1. The third kappa shape index (κ3) is 4.13. The average Bonchev–Trinajstić information content (AvgIpc) is 2.36. The van der Waals surface area contributed by atoms with Crippen molar-refractivity contribution >= 4 is 5.97 Å². The van der Waals surface area contributed by atoms with Crippen LogP contribution >= 0.6 is 0 Å². The van der Waals surface area contributed by atoms with Gasteiger partial charge in [-0.25, -0.2) is 0 Å². The normalized spacial score (nSPS) is 14.2. The van der Waals surface area contributed by atoms with Crippen LogP contribution in [0.4, 0.5) is 0 Å². The molecule has 18 heavy (non-hydrogen) atoms. The van der Waals surface area contributed by atoms with Crippen molar-refractivity contribution in [1.82, 2.24) is 5.32 Å². The lowest BCUT2D eigenvalue weighted by Crippen LogP contribution is -2.35. The highest BCUT2D eigenvalue weighted by atomic mass is 16.5. The average molecular weight is 251 g/mol. The number of methoxy groups -OCH3 is 1. The van der Waals surface area contributed by atoms with Gasteiger partial charge in [-0.1, -0.05) is 31.2 Å². The van der Waals surface area contributed by atoms with Crippen molar-refractivity contribution in [2.24, 2.45) is 0 Å². The molecular formula is C14H21NO3. The molecule has 0 bridgehead atoms. The lowest BCUT2D eigenvalue weighted by molar-refractivity contribution is -0.139. The van der Waals surface area contributed by atoms with Crippen LogP contribution in [-0.2, 0) is 16.1 Å². The molecule has 0 saturated carbocycles. The first-order valence-corrected chi connectivity index (χ1v) is 6.15. The summed E-state index contributed by atoms with van der Waals surface area (Å²) in [6.45, 7) is 4.50. The molecule has 0 aliphatic rings. The Bertz CT molecular complexity index is 392. The van der Waals surface area contributed by atoms with Crippen LogP contribution in [0, 0.1) is 0 Å². The maximum Gasteiger partial charge on any atom is 0.325 e. The van der Waals surface area contributed by atoms with Gasteiger partial charge in [-0.2, -0.15) is 0 Å². The molecule has 1 aromatic carbocycles. The minimum Gasteiger partial charge on any atom is -0.480 e. The van der Waals surface area contributed by atoms with Gasteiger partial charge in [0.2, 0.25) is 0 Å². The number of ether oxygens (including phenoxy) is 1. The fourth-order valence-corrected chi connectivity index (χ4v) is 1.74. The smallest absolute Gasteiger partial charge is 0.325 e. The number of aliphatic carboxylic acids is 1. The van der Waals surface area contributed by atoms with Crippen molar-refractivity contribution < 1.29 is 14.6 Å². The molecular weight excluding hydrogens is 230 g/mol. The highest BCUT2D eigenvalue weighted by Gasteiger charge is 2.21. The molecule has 0 aliphatic heterocycles. The van der Waals surface area contributed by atoms with Crippen molar-refractivity contribution in [2.45, 2.75) is 39.0 Å². The summed E-state index contributed by atoms with van der Waals surface area (Å²) in [7, 11) is 1.62. The van der Waals surface area contributed by atoms with Crippen molar-refractivity contribution in [2.75, 3.05) is 7.11 Å². The molecule has 0 aliphatic carbocycles. The second-order valence-corrected chi connectivity index (χ2v) is 4.43. The number of hydrogen-bond acceptors (Lipinski definition) is 3. The SMILES string of the molecule is CCC(C)NC(C(=O)O)c1cccc(COC)c1. The van der Waals surface area contributed by atoms with Gasteiger partial charge in [0.1, 0.15) is 6.04 Å². The summed E-state index contributed by atoms with van der Waals surface area (Å²) in [6.07, 6.45) is 0.890. The van der Waals surface area contributed by atoms with E-state index in [2.05, 4.69) is 5.32 Å². The zero-order valence-electron chi connectivity index (χ0n) is 11.1. The second kappa shape index (κ2) is 7.13. The molecule has 100 valence electrons. The van der Waals surface area contributed by atoms with E-state index in [1.807, 2.05) is 38.1 Å². The van der Waals surface area contributed by atoms with Crippen LogP contribution in [0.25, 0.3) is 0 Å².